The van der Waals surface area contributed by atoms with E-state index in [-0.39, 0.29) is 29.0 Å². The summed E-state index contributed by atoms with van der Waals surface area (Å²) in [6.07, 6.45) is 2.19. The molecule has 0 spiro atoms. The summed E-state index contributed by atoms with van der Waals surface area (Å²) in [5.74, 6) is -0.176. The van der Waals surface area contributed by atoms with Crippen LogP contribution in [0.15, 0.2) is 69.9 Å². The number of fused-ring (bicyclic) bond motifs is 1. The van der Waals surface area contributed by atoms with Crippen LogP contribution < -0.4 is 5.43 Å². The second-order valence-corrected chi connectivity index (χ2v) is 7.86. The zero-order valence-corrected chi connectivity index (χ0v) is 17.6. The van der Waals surface area contributed by atoms with E-state index < -0.39 is 0 Å². The van der Waals surface area contributed by atoms with Crippen LogP contribution >= 0.6 is 0 Å². The highest BCUT2D eigenvalue weighted by molar-refractivity contribution is 5.95. The van der Waals surface area contributed by atoms with Crippen molar-refractivity contribution in [3.05, 3.63) is 82.2 Å². The Balaban J connectivity index is 1.50. The number of hydrogen-bond acceptors (Lipinski definition) is 4. The number of rotatable bonds is 5. The van der Waals surface area contributed by atoms with E-state index in [0.717, 1.165) is 6.42 Å². The average molecular weight is 418 g/mol. The van der Waals surface area contributed by atoms with Crippen LogP contribution in [0.4, 0.5) is 0 Å². The number of amides is 2. The van der Waals surface area contributed by atoms with Crippen molar-refractivity contribution in [2.75, 3.05) is 19.6 Å². The highest BCUT2D eigenvalue weighted by atomic mass is 16.3. The first-order chi connectivity index (χ1) is 15.1. The first-order valence-corrected chi connectivity index (χ1v) is 10.8. The molecule has 0 bridgehead atoms. The van der Waals surface area contributed by atoms with E-state index in [9.17, 15) is 14.4 Å². The van der Waals surface area contributed by atoms with Crippen LogP contribution in [0, 0.1) is 0 Å². The van der Waals surface area contributed by atoms with Gasteiger partial charge in [-0.25, -0.2) is 0 Å². The summed E-state index contributed by atoms with van der Waals surface area (Å²) in [4.78, 5) is 42.1. The molecule has 0 atom stereocenters. The van der Waals surface area contributed by atoms with Crippen molar-refractivity contribution in [2.45, 2.75) is 32.2 Å². The van der Waals surface area contributed by atoms with Gasteiger partial charge in [-0.05, 0) is 43.5 Å². The van der Waals surface area contributed by atoms with Gasteiger partial charge in [0.05, 0.1) is 5.39 Å². The molecule has 6 nitrogen and oxygen atoms in total. The highest BCUT2D eigenvalue weighted by Crippen LogP contribution is 2.22. The lowest BCUT2D eigenvalue weighted by Crippen LogP contribution is -2.49. The van der Waals surface area contributed by atoms with Crippen LogP contribution in [0.1, 0.15) is 47.1 Å². The van der Waals surface area contributed by atoms with Crippen LogP contribution in [-0.4, -0.2) is 47.3 Å². The molecule has 0 radical (unpaired) electrons. The molecule has 3 aromatic rings. The summed E-state index contributed by atoms with van der Waals surface area (Å²) in [6.45, 7) is 3.78. The van der Waals surface area contributed by atoms with E-state index in [1.165, 1.54) is 6.07 Å². The van der Waals surface area contributed by atoms with Gasteiger partial charge in [-0.2, -0.15) is 0 Å². The molecule has 0 aliphatic carbocycles. The lowest BCUT2D eigenvalue weighted by atomic mass is 10.0. The van der Waals surface area contributed by atoms with Crippen LogP contribution in [0.25, 0.3) is 11.0 Å². The van der Waals surface area contributed by atoms with Crippen LogP contribution in [-0.2, 0) is 0 Å². The summed E-state index contributed by atoms with van der Waals surface area (Å²) in [5, 5.41) is 0.467. The molecule has 31 heavy (non-hydrogen) atoms. The summed E-state index contributed by atoms with van der Waals surface area (Å²) in [6, 6.07) is 17.5. The fourth-order valence-corrected chi connectivity index (χ4v) is 4.19. The molecule has 1 aliphatic rings. The van der Waals surface area contributed by atoms with Crippen molar-refractivity contribution in [3.63, 3.8) is 0 Å². The Kier molecular flexibility index (Phi) is 6.16. The summed E-state index contributed by atoms with van der Waals surface area (Å²) in [7, 11) is 0. The van der Waals surface area contributed by atoms with E-state index in [1.807, 2.05) is 42.2 Å². The Morgan fingerprint density at radius 2 is 1.71 bits per heavy atom. The van der Waals surface area contributed by atoms with E-state index in [2.05, 4.69) is 0 Å². The van der Waals surface area contributed by atoms with Crippen molar-refractivity contribution in [2.24, 2.45) is 0 Å². The monoisotopic (exact) mass is 418 g/mol. The molecule has 1 aliphatic heterocycles. The number of piperidine rings is 1. The van der Waals surface area contributed by atoms with Gasteiger partial charge < -0.3 is 14.2 Å². The number of hydrogen-bond donors (Lipinski definition) is 0. The predicted molar refractivity (Wildman–Crippen MR) is 119 cm³/mol. The Bertz CT molecular complexity index is 1130. The molecule has 0 N–H and O–H groups in total. The van der Waals surface area contributed by atoms with Gasteiger partial charge in [-0.3, -0.25) is 14.4 Å². The Labute approximate surface area is 181 Å². The van der Waals surface area contributed by atoms with Gasteiger partial charge in [-0.1, -0.05) is 37.3 Å². The zero-order valence-electron chi connectivity index (χ0n) is 17.6. The molecule has 1 saturated heterocycles. The number of para-hydroxylation sites is 1. The minimum atomic E-state index is -0.266. The molecule has 1 fully saturated rings. The van der Waals surface area contributed by atoms with Gasteiger partial charge in [0.25, 0.3) is 11.8 Å². The molecule has 160 valence electrons. The maximum atomic E-state index is 13.3. The second kappa shape index (κ2) is 9.16. The molecule has 6 heteroatoms. The molecule has 1 aromatic heterocycles. The topological polar surface area (TPSA) is 70.8 Å². The average Bonchev–Trinajstić information content (AvgIpc) is 2.82. The quantitative estimate of drug-likeness (QED) is 0.629. The largest absolute Gasteiger partial charge is 0.451 e. The number of nitrogens with zero attached hydrogens (tertiary/aromatic N) is 2. The highest BCUT2D eigenvalue weighted by Gasteiger charge is 2.31. The second-order valence-electron chi connectivity index (χ2n) is 7.86. The first-order valence-electron chi connectivity index (χ1n) is 10.8. The zero-order chi connectivity index (χ0) is 21.8. The van der Waals surface area contributed by atoms with Gasteiger partial charge >= 0.3 is 0 Å². The Hall–Kier alpha value is -3.41. The third kappa shape index (κ3) is 4.38. The normalized spacial score (nSPS) is 14.5. The molecule has 2 heterocycles. The lowest BCUT2D eigenvalue weighted by molar-refractivity contribution is 0.0498. The van der Waals surface area contributed by atoms with Gasteiger partial charge in [0.15, 0.2) is 11.2 Å². The number of benzene rings is 2. The molecule has 2 amide bonds. The van der Waals surface area contributed by atoms with Gasteiger partial charge in [0, 0.05) is 37.3 Å². The van der Waals surface area contributed by atoms with Gasteiger partial charge in [-0.15, -0.1) is 0 Å². The Morgan fingerprint density at radius 3 is 2.42 bits per heavy atom. The number of likely N-dealkylation sites (tertiary alicyclic amines) is 1. The van der Waals surface area contributed by atoms with E-state index in [0.29, 0.717) is 49.0 Å². The Morgan fingerprint density at radius 1 is 1.03 bits per heavy atom. The number of carbonyl (C=O) groups is 2. The van der Waals surface area contributed by atoms with Crippen LogP contribution in [0.2, 0.25) is 0 Å². The summed E-state index contributed by atoms with van der Waals surface area (Å²) < 4.78 is 5.78. The molecule has 2 aromatic carbocycles. The van der Waals surface area contributed by atoms with Gasteiger partial charge in [0.1, 0.15) is 5.58 Å². The summed E-state index contributed by atoms with van der Waals surface area (Å²) in [5.41, 5.74) is 0.878. The SMILES string of the molecule is CCCN(C(=O)c1cc(=O)c2ccccc2o1)C1CCN(C(=O)c2ccccc2)CC1. The minimum absolute atomic E-state index is 0.00375. The predicted octanol–water partition coefficient (Wildman–Crippen LogP) is 3.95. The van der Waals surface area contributed by atoms with E-state index in [1.54, 1.807) is 29.2 Å². The van der Waals surface area contributed by atoms with Crippen molar-refractivity contribution >= 4 is 22.8 Å². The van der Waals surface area contributed by atoms with Crippen molar-refractivity contribution in [1.29, 1.82) is 0 Å². The van der Waals surface area contributed by atoms with Crippen molar-refractivity contribution in [1.82, 2.24) is 9.80 Å². The van der Waals surface area contributed by atoms with E-state index in [4.69, 9.17) is 4.42 Å². The fourth-order valence-electron chi connectivity index (χ4n) is 4.19. The smallest absolute Gasteiger partial charge is 0.289 e. The maximum Gasteiger partial charge on any atom is 0.289 e. The molecule has 4 rings (SSSR count). The van der Waals surface area contributed by atoms with E-state index >= 15 is 0 Å². The minimum Gasteiger partial charge on any atom is -0.451 e. The van der Waals surface area contributed by atoms with Crippen LogP contribution in [0.5, 0.6) is 0 Å². The maximum absolute atomic E-state index is 13.3. The number of carbonyl (C=O) groups excluding carboxylic acids is 2. The molecular formula is C25H26N2O4. The standard InChI is InChI=1S/C25H26N2O4/c1-2-14-27(25(30)23-17-21(28)20-10-6-7-11-22(20)31-23)19-12-15-26(16-13-19)24(29)18-8-4-3-5-9-18/h3-11,17,19H,2,12-16H2,1H3. The molecule has 0 unspecified atom stereocenters. The fraction of sp³-hybridized carbons (Fsp3) is 0.320. The van der Waals surface area contributed by atoms with Crippen molar-refractivity contribution < 1.29 is 14.0 Å². The molecular weight excluding hydrogens is 392 g/mol. The van der Waals surface area contributed by atoms with Crippen LogP contribution in [0.3, 0.4) is 0 Å². The molecule has 0 saturated carbocycles. The first kappa shape index (κ1) is 20.8. The van der Waals surface area contributed by atoms with Crippen molar-refractivity contribution in [3.8, 4) is 0 Å². The lowest BCUT2D eigenvalue weighted by Gasteiger charge is -2.38. The van der Waals surface area contributed by atoms with Gasteiger partial charge in [0.2, 0.25) is 0 Å². The third-order valence-electron chi connectivity index (χ3n) is 5.78. The third-order valence-corrected chi connectivity index (χ3v) is 5.78. The summed E-state index contributed by atoms with van der Waals surface area (Å²) >= 11 is 0.